The van der Waals surface area contributed by atoms with Crippen LogP contribution in [0.5, 0.6) is 0 Å². The quantitative estimate of drug-likeness (QED) is 0.818. The molecule has 0 aromatic heterocycles. The van der Waals surface area contributed by atoms with E-state index in [1.54, 1.807) is 0 Å². The van der Waals surface area contributed by atoms with Crippen molar-refractivity contribution in [2.75, 3.05) is 5.32 Å². The maximum atomic E-state index is 12.9. The summed E-state index contributed by atoms with van der Waals surface area (Å²) in [6.07, 6.45) is -0.422. The lowest BCUT2D eigenvalue weighted by atomic mass is 10.3. The minimum Gasteiger partial charge on any atom is -0.369 e. The second kappa shape index (κ2) is 4.88. The summed E-state index contributed by atoms with van der Waals surface area (Å²) in [6, 6.07) is 3.91. The van der Waals surface area contributed by atoms with E-state index >= 15 is 0 Å². The summed E-state index contributed by atoms with van der Waals surface area (Å²) in [7, 11) is 0. The van der Waals surface area contributed by atoms with Crippen molar-refractivity contribution in [2.45, 2.75) is 6.42 Å². The van der Waals surface area contributed by atoms with Crippen LogP contribution in [0.15, 0.2) is 22.7 Å². The molecule has 0 aliphatic rings. The molecular formula is C9H8BrFN2O2. The first kappa shape index (κ1) is 11.6. The van der Waals surface area contributed by atoms with Crippen LogP contribution in [0, 0.1) is 5.82 Å². The molecule has 0 heterocycles. The number of amides is 2. The molecule has 3 N–H and O–H groups in total. The average molecular weight is 275 g/mol. The molecule has 0 aliphatic carbocycles. The highest BCUT2D eigenvalue weighted by Crippen LogP contribution is 2.18. The van der Waals surface area contributed by atoms with Crippen LogP contribution in [0.25, 0.3) is 0 Å². The molecule has 0 radical (unpaired) electrons. The summed E-state index contributed by atoms with van der Waals surface area (Å²) < 4.78 is 13.4. The zero-order valence-corrected chi connectivity index (χ0v) is 9.17. The highest BCUT2D eigenvalue weighted by Gasteiger charge is 2.07. The number of carbonyl (C=O) groups is 2. The van der Waals surface area contributed by atoms with Crippen LogP contribution in [0.1, 0.15) is 6.42 Å². The molecule has 1 rings (SSSR count). The van der Waals surface area contributed by atoms with Gasteiger partial charge in [-0.25, -0.2) is 4.39 Å². The Balaban J connectivity index is 2.72. The van der Waals surface area contributed by atoms with Crippen molar-refractivity contribution in [2.24, 2.45) is 5.73 Å². The van der Waals surface area contributed by atoms with E-state index in [-0.39, 0.29) is 5.69 Å². The van der Waals surface area contributed by atoms with Crippen LogP contribution in [0.4, 0.5) is 10.1 Å². The lowest BCUT2D eigenvalue weighted by Gasteiger charge is -2.04. The van der Waals surface area contributed by atoms with Crippen molar-refractivity contribution in [1.29, 1.82) is 0 Å². The predicted molar refractivity (Wildman–Crippen MR) is 56.5 cm³/mol. The topological polar surface area (TPSA) is 72.2 Å². The van der Waals surface area contributed by atoms with Gasteiger partial charge in [0.25, 0.3) is 0 Å². The number of halogens is 2. The largest absolute Gasteiger partial charge is 0.369 e. The zero-order chi connectivity index (χ0) is 11.4. The smallest absolute Gasteiger partial charge is 0.233 e. The van der Waals surface area contributed by atoms with Crippen molar-refractivity contribution in [3.63, 3.8) is 0 Å². The Morgan fingerprint density at radius 3 is 2.60 bits per heavy atom. The van der Waals surface area contributed by atoms with E-state index in [4.69, 9.17) is 5.73 Å². The van der Waals surface area contributed by atoms with E-state index in [1.807, 2.05) is 0 Å². The first-order valence-corrected chi connectivity index (χ1v) is 4.81. The van der Waals surface area contributed by atoms with Crippen LogP contribution in [0.2, 0.25) is 0 Å². The Hall–Kier alpha value is -1.43. The maximum Gasteiger partial charge on any atom is 0.233 e. The van der Waals surface area contributed by atoms with Crippen molar-refractivity contribution in [1.82, 2.24) is 0 Å². The fourth-order valence-electron chi connectivity index (χ4n) is 0.989. The Kier molecular flexibility index (Phi) is 3.79. The number of hydrogen-bond acceptors (Lipinski definition) is 2. The van der Waals surface area contributed by atoms with E-state index in [2.05, 4.69) is 21.2 Å². The molecule has 1 aromatic carbocycles. The lowest BCUT2D eigenvalue weighted by Crippen LogP contribution is -2.21. The molecule has 80 valence electrons. The van der Waals surface area contributed by atoms with Crippen molar-refractivity contribution in [3.8, 4) is 0 Å². The number of nitrogens with one attached hydrogen (secondary N) is 1. The summed E-state index contributed by atoms with van der Waals surface area (Å²) in [5.74, 6) is -1.79. The number of nitrogens with two attached hydrogens (primary N) is 1. The minimum absolute atomic E-state index is 0.271. The third kappa shape index (κ3) is 4.07. The van der Waals surface area contributed by atoms with Gasteiger partial charge in [0.1, 0.15) is 12.2 Å². The van der Waals surface area contributed by atoms with E-state index in [0.29, 0.717) is 4.47 Å². The summed E-state index contributed by atoms with van der Waals surface area (Å²) in [4.78, 5) is 21.5. The molecule has 0 saturated heterocycles. The number of primary amides is 1. The van der Waals surface area contributed by atoms with Gasteiger partial charge in [-0.1, -0.05) is 15.9 Å². The maximum absolute atomic E-state index is 12.9. The van der Waals surface area contributed by atoms with Gasteiger partial charge in [0.05, 0.1) is 0 Å². The van der Waals surface area contributed by atoms with Crippen LogP contribution in [-0.4, -0.2) is 11.8 Å². The van der Waals surface area contributed by atoms with Crippen molar-refractivity contribution < 1.29 is 14.0 Å². The number of anilines is 1. The van der Waals surface area contributed by atoms with Gasteiger partial charge in [-0.3, -0.25) is 9.59 Å². The van der Waals surface area contributed by atoms with Crippen LogP contribution < -0.4 is 11.1 Å². The molecule has 0 spiro atoms. The van der Waals surface area contributed by atoms with E-state index in [0.717, 1.165) is 6.07 Å². The number of hydrogen-bond donors (Lipinski definition) is 2. The Morgan fingerprint density at radius 2 is 2.07 bits per heavy atom. The van der Waals surface area contributed by atoms with Crippen LogP contribution >= 0.6 is 15.9 Å². The SMILES string of the molecule is NC(=O)CC(=O)Nc1cc(F)cc(Br)c1. The Bertz CT molecular complexity index is 389. The van der Waals surface area contributed by atoms with Gasteiger partial charge in [0.15, 0.2) is 0 Å². The molecule has 0 fully saturated rings. The van der Waals surface area contributed by atoms with Crippen LogP contribution in [-0.2, 0) is 9.59 Å². The van der Waals surface area contributed by atoms with E-state index in [1.165, 1.54) is 12.1 Å². The minimum atomic E-state index is -0.733. The summed E-state index contributed by atoms with van der Waals surface area (Å²) in [5.41, 5.74) is 5.10. The van der Waals surface area contributed by atoms with Gasteiger partial charge >= 0.3 is 0 Å². The Labute approximate surface area is 93.8 Å². The molecule has 0 aliphatic heterocycles. The van der Waals surface area contributed by atoms with Gasteiger partial charge < -0.3 is 11.1 Å². The molecule has 2 amide bonds. The second-order valence-corrected chi connectivity index (χ2v) is 3.77. The third-order valence-electron chi connectivity index (χ3n) is 1.48. The average Bonchev–Trinajstić information content (AvgIpc) is 1.98. The highest BCUT2D eigenvalue weighted by molar-refractivity contribution is 9.10. The predicted octanol–water partition coefficient (Wildman–Crippen LogP) is 1.40. The van der Waals surface area contributed by atoms with Gasteiger partial charge in [0.2, 0.25) is 11.8 Å². The summed E-state index contributed by atoms with van der Waals surface area (Å²) in [6.45, 7) is 0. The van der Waals surface area contributed by atoms with E-state index < -0.39 is 24.1 Å². The van der Waals surface area contributed by atoms with Gasteiger partial charge in [-0.2, -0.15) is 0 Å². The molecule has 6 heteroatoms. The normalized spacial score (nSPS) is 9.73. The summed E-state index contributed by atoms with van der Waals surface area (Å²) >= 11 is 3.07. The number of benzene rings is 1. The monoisotopic (exact) mass is 274 g/mol. The van der Waals surface area contributed by atoms with E-state index in [9.17, 15) is 14.0 Å². The lowest BCUT2D eigenvalue weighted by molar-refractivity contribution is -0.124. The molecule has 4 nitrogen and oxygen atoms in total. The molecule has 0 atom stereocenters. The highest BCUT2D eigenvalue weighted by atomic mass is 79.9. The summed E-state index contributed by atoms with van der Waals surface area (Å²) in [5, 5.41) is 2.35. The second-order valence-electron chi connectivity index (χ2n) is 2.85. The Morgan fingerprint density at radius 1 is 1.40 bits per heavy atom. The first-order valence-electron chi connectivity index (χ1n) is 4.01. The standard InChI is InChI=1S/C9H8BrFN2O2/c10-5-1-6(11)3-7(2-5)13-9(15)4-8(12)14/h1-3H,4H2,(H2,12,14)(H,13,15). The van der Waals surface area contributed by atoms with Gasteiger partial charge in [-0.15, -0.1) is 0 Å². The van der Waals surface area contributed by atoms with Crippen molar-refractivity contribution >= 4 is 33.4 Å². The van der Waals surface area contributed by atoms with Crippen LogP contribution in [0.3, 0.4) is 0 Å². The molecular weight excluding hydrogens is 267 g/mol. The van der Waals surface area contributed by atoms with Gasteiger partial charge in [0, 0.05) is 10.2 Å². The third-order valence-corrected chi connectivity index (χ3v) is 1.94. The molecule has 1 aromatic rings. The fourth-order valence-corrected chi connectivity index (χ4v) is 1.45. The molecule has 0 saturated carbocycles. The van der Waals surface area contributed by atoms with Gasteiger partial charge in [-0.05, 0) is 18.2 Å². The fraction of sp³-hybridized carbons (Fsp3) is 0.111. The zero-order valence-electron chi connectivity index (χ0n) is 7.59. The number of carbonyl (C=O) groups excluding carboxylic acids is 2. The molecule has 0 unspecified atom stereocenters. The number of rotatable bonds is 3. The van der Waals surface area contributed by atoms with Crippen molar-refractivity contribution in [3.05, 3.63) is 28.5 Å². The molecule has 0 bridgehead atoms. The molecule has 15 heavy (non-hydrogen) atoms. The first-order chi connectivity index (χ1) is 6.97.